The molecule has 0 N–H and O–H groups in total. The van der Waals surface area contributed by atoms with Gasteiger partial charge in [-0.25, -0.2) is 0 Å². The Bertz CT molecular complexity index is 251. The Hall–Kier alpha value is -0.410. The van der Waals surface area contributed by atoms with Gasteiger partial charge >= 0.3 is 0 Å². The van der Waals surface area contributed by atoms with Crippen LogP contribution in [-0.4, -0.2) is 42.5 Å². The normalized spacial score (nSPS) is 24.9. The minimum absolute atomic E-state index is 0.293. The molecule has 2 aliphatic rings. The zero-order chi connectivity index (χ0) is 11.6. The topological polar surface area (TPSA) is 29.5 Å². The fourth-order valence-corrected chi connectivity index (χ4v) is 2.97. The van der Waals surface area contributed by atoms with Crippen LogP contribution in [-0.2, 0) is 9.53 Å². The number of nitrogens with zero attached hydrogens (tertiary/aromatic N) is 1. The third-order valence-electron chi connectivity index (χ3n) is 4.13. The molecule has 1 aliphatic carbocycles. The summed E-state index contributed by atoms with van der Waals surface area (Å²) in [5.74, 6) is 0.768. The lowest BCUT2D eigenvalue weighted by molar-refractivity contribution is -0.136. The number of carbonyl (C=O) groups excluding carboxylic acids is 1. The number of hydrogen-bond donors (Lipinski definition) is 0. The van der Waals surface area contributed by atoms with E-state index < -0.39 is 0 Å². The fraction of sp³-hybridized carbons (Fsp3) is 0.923. The lowest BCUT2D eigenvalue weighted by atomic mass is 9.86. The number of Topliss-reactive ketones (excluding diaryl/α,β-unsaturated/α-hetero) is 1. The van der Waals surface area contributed by atoms with Gasteiger partial charge in [-0.3, -0.25) is 9.69 Å². The van der Waals surface area contributed by atoms with Crippen LogP contribution in [0.1, 0.15) is 39.5 Å². The molecule has 16 heavy (non-hydrogen) atoms. The molecule has 1 heterocycles. The van der Waals surface area contributed by atoms with Gasteiger partial charge in [0, 0.05) is 19.0 Å². The lowest BCUT2D eigenvalue weighted by Crippen LogP contribution is -2.55. The number of hydrogen-bond acceptors (Lipinski definition) is 3. The van der Waals surface area contributed by atoms with E-state index in [0.29, 0.717) is 11.7 Å². The first-order valence-corrected chi connectivity index (χ1v) is 6.49. The van der Waals surface area contributed by atoms with Crippen molar-refractivity contribution in [3.63, 3.8) is 0 Å². The summed E-state index contributed by atoms with van der Waals surface area (Å²) in [4.78, 5) is 14.8. The number of rotatable bonds is 3. The highest BCUT2D eigenvalue weighted by molar-refractivity contribution is 5.89. The van der Waals surface area contributed by atoms with Crippen molar-refractivity contribution in [2.75, 3.05) is 26.3 Å². The average Bonchev–Trinajstić information content (AvgIpc) is 2.82. The quantitative estimate of drug-likeness (QED) is 0.734. The predicted molar refractivity (Wildman–Crippen MR) is 63.4 cm³/mol. The summed E-state index contributed by atoms with van der Waals surface area (Å²) in [6.07, 6.45) is 4.67. The summed E-state index contributed by atoms with van der Waals surface area (Å²) >= 11 is 0. The van der Waals surface area contributed by atoms with Gasteiger partial charge in [0.15, 0.2) is 5.78 Å². The number of morpholine rings is 1. The van der Waals surface area contributed by atoms with Gasteiger partial charge in [-0.15, -0.1) is 0 Å². The molecule has 0 atom stereocenters. The molecule has 0 spiro atoms. The average molecular weight is 225 g/mol. The van der Waals surface area contributed by atoms with Gasteiger partial charge in [-0.2, -0.15) is 0 Å². The molecule has 0 aromatic heterocycles. The van der Waals surface area contributed by atoms with Crippen molar-refractivity contribution in [3.05, 3.63) is 0 Å². The summed E-state index contributed by atoms with van der Waals surface area (Å²) in [7, 11) is 0. The van der Waals surface area contributed by atoms with Crippen molar-refractivity contribution < 1.29 is 9.53 Å². The minimum atomic E-state index is -0.293. The van der Waals surface area contributed by atoms with Crippen LogP contribution in [0.3, 0.4) is 0 Å². The smallest absolute Gasteiger partial charge is 0.155 e. The van der Waals surface area contributed by atoms with Crippen molar-refractivity contribution in [2.45, 2.75) is 45.1 Å². The lowest BCUT2D eigenvalue weighted by Gasteiger charge is -2.40. The molecule has 0 aromatic rings. The second-order valence-electron chi connectivity index (χ2n) is 5.50. The van der Waals surface area contributed by atoms with E-state index in [9.17, 15) is 4.79 Å². The van der Waals surface area contributed by atoms with Gasteiger partial charge in [-0.1, -0.05) is 12.8 Å². The molecule has 1 saturated carbocycles. The van der Waals surface area contributed by atoms with Crippen LogP contribution in [0.5, 0.6) is 0 Å². The Balaban J connectivity index is 2.01. The van der Waals surface area contributed by atoms with E-state index >= 15 is 0 Å². The van der Waals surface area contributed by atoms with E-state index in [0.717, 1.165) is 39.1 Å². The highest BCUT2D eigenvalue weighted by Crippen LogP contribution is 2.31. The Morgan fingerprint density at radius 3 is 2.31 bits per heavy atom. The number of carbonyl (C=O) groups is 1. The zero-order valence-electron chi connectivity index (χ0n) is 10.5. The summed E-state index contributed by atoms with van der Waals surface area (Å²) in [6.45, 7) is 7.48. The van der Waals surface area contributed by atoms with Crippen molar-refractivity contribution in [3.8, 4) is 0 Å². The van der Waals surface area contributed by atoms with Gasteiger partial charge < -0.3 is 4.74 Å². The van der Waals surface area contributed by atoms with E-state index in [1.54, 1.807) is 0 Å². The molecule has 2 fully saturated rings. The molecular weight excluding hydrogens is 202 g/mol. The predicted octanol–water partition coefficient (Wildman–Crippen LogP) is 1.86. The SMILES string of the molecule is CC(C)(C(=O)C1CCCC1)N1CCOCC1. The van der Waals surface area contributed by atoms with E-state index in [2.05, 4.69) is 18.7 Å². The van der Waals surface area contributed by atoms with Gasteiger partial charge in [-0.05, 0) is 26.7 Å². The molecule has 0 radical (unpaired) electrons. The van der Waals surface area contributed by atoms with E-state index in [-0.39, 0.29) is 5.54 Å². The first-order chi connectivity index (χ1) is 7.62. The maximum atomic E-state index is 12.5. The molecular formula is C13H23NO2. The standard InChI is InChI=1S/C13H23NO2/c1-13(2,14-7-9-16-10-8-14)12(15)11-5-3-4-6-11/h11H,3-10H2,1-2H3. The molecule has 92 valence electrons. The first-order valence-electron chi connectivity index (χ1n) is 6.49. The van der Waals surface area contributed by atoms with Crippen LogP contribution in [0, 0.1) is 5.92 Å². The molecule has 0 unspecified atom stereocenters. The zero-order valence-corrected chi connectivity index (χ0v) is 10.5. The fourth-order valence-electron chi connectivity index (χ4n) is 2.97. The van der Waals surface area contributed by atoms with E-state index in [1.165, 1.54) is 12.8 Å². The third-order valence-corrected chi connectivity index (χ3v) is 4.13. The number of ketones is 1. The molecule has 0 aromatic carbocycles. The van der Waals surface area contributed by atoms with Gasteiger partial charge in [0.05, 0.1) is 18.8 Å². The third kappa shape index (κ3) is 2.30. The van der Waals surface area contributed by atoms with Crippen LogP contribution < -0.4 is 0 Å². The minimum Gasteiger partial charge on any atom is -0.379 e. The van der Waals surface area contributed by atoms with Crippen LogP contribution in [0.2, 0.25) is 0 Å². The molecule has 3 heteroatoms. The second kappa shape index (κ2) is 4.84. The molecule has 1 saturated heterocycles. The summed E-state index contributed by atoms with van der Waals surface area (Å²) in [6, 6.07) is 0. The highest BCUT2D eigenvalue weighted by Gasteiger charge is 2.39. The molecule has 1 aliphatic heterocycles. The summed E-state index contributed by atoms with van der Waals surface area (Å²) < 4.78 is 5.35. The van der Waals surface area contributed by atoms with Crippen molar-refractivity contribution >= 4 is 5.78 Å². The molecule has 0 amide bonds. The van der Waals surface area contributed by atoms with Gasteiger partial charge in [0.1, 0.15) is 0 Å². The monoisotopic (exact) mass is 225 g/mol. The molecule has 3 nitrogen and oxygen atoms in total. The Morgan fingerprint density at radius 1 is 1.19 bits per heavy atom. The molecule has 0 bridgehead atoms. The maximum Gasteiger partial charge on any atom is 0.155 e. The first kappa shape index (κ1) is 12.1. The number of ether oxygens (including phenoxy) is 1. The Kier molecular flexibility index (Phi) is 3.65. The largest absolute Gasteiger partial charge is 0.379 e. The van der Waals surface area contributed by atoms with Crippen molar-refractivity contribution in [2.24, 2.45) is 5.92 Å². The van der Waals surface area contributed by atoms with Crippen molar-refractivity contribution in [1.82, 2.24) is 4.90 Å². The maximum absolute atomic E-state index is 12.5. The van der Waals surface area contributed by atoms with Crippen LogP contribution >= 0.6 is 0 Å². The summed E-state index contributed by atoms with van der Waals surface area (Å²) in [5, 5.41) is 0. The van der Waals surface area contributed by atoms with E-state index in [4.69, 9.17) is 4.74 Å². The van der Waals surface area contributed by atoms with Gasteiger partial charge in [0.2, 0.25) is 0 Å². The van der Waals surface area contributed by atoms with E-state index in [1.807, 2.05) is 0 Å². The molecule has 2 rings (SSSR count). The highest BCUT2D eigenvalue weighted by atomic mass is 16.5. The Morgan fingerprint density at radius 2 is 1.75 bits per heavy atom. The van der Waals surface area contributed by atoms with Gasteiger partial charge in [0.25, 0.3) is 0 Å². The van der Waals surface area contributed by atoms with Crippen molar-refractivity contribution in [1.29, 1.82) is 0 Å². The van der Waals surface area contributed by atoms with Crippen LogP contribution in [0.4, 0.5) is 0 Å². The Labute approximate surface area is 98.1 Å². The van der Waals surface area contributed by atoms with Crippen LogP contribution in [0.15, 0.2) is 0 Å². The second-order valence-corrected chi connectivity index (χ2v) is 5.50. The summed E-state index contributed by atoms with van der Waals surface area (Å²) in [5.41, 5.74) is -0.293. The van der Waals surface area contributed by atoms with Crippen LogP contribution in [0.25, 0.3) is 0 Å².